The maximum absolute atomic E-state index is 13.7. The molecule has 3 atom stereocenters. The number of carbonyl (C=O) groups is 3. The molecule has 4 amide bonds. The molecule has 1 aromatic heterocycles. The first-order chi connectivity index (χ1) is 20.0. The molecule has 12 nitrogen and oxygen atoms in total. The van der Waals surface area contributed by atoms with Gasteiger partial charge in [-0.15, -0.1) is 0 Å². The third-order valence-corrected chi connectivity index (χ3v) is 7.32. The molecule has 0 aliphatic carbocycles. The van der Waals surface area contributed by atoms with E-state index in [9.17, 15) is 19.5 Å². The number of fused-ring (bicyclic) bond motifs is 1. The highest BCUT2D eigenvalue weighted by molar-refractivity contribution is 6.06. The largest absolute Gasteiger partial charge is 0.497 e. The van der Waals surface area contributed by atoms with Crippen LogP contribution in [0.4, 0.5) is 16.2 Å². The first-order valence-electron chi connectivity index (χ1n) is 13.7. The van der Waals surface area contributed by atoms with E-state index in [1.807, 2.05) is 6.92 Å². The standard InChI is InChI=1S/C30H38N6O6/c1-18-15-36(20(3)17-37)29(39)23-8-7-9-24(32-28(38)25-14-19(2)33-35(25)5)27(23)42-26(18)16-34(4)30(40)31-21-10-12-22(41-6)13-11-21/h7-14,18,20,26,37H,15-17H2,1-6H3,(H,31,40)(H,32,38)/t18-,20+,26-/m1/s1. The Morgan fingerprint density at radius 3 is 2.55 bits per heavy atom. The van der Waals surface area contributed by atoms with Gasteiger partial charge in [0.05, 0.1) is 43.2 Å². The summed E-state index contributed by atoms with van der Waals surface area (Å²) in [4.78, 5) is 43.1. The second-order valence-electron chi connectivity index (χ2n) is 10.6. The number of hydrogen-bond acceptors (Lipinski definition) is 7. The molecule has 1 aliphatic heterocycles. The molecule has 0 saturated heterocycles. The highest BCUT2D eigenvalue weighted by atomic mass is 16.5. The van der Waals surface area contributed by atoms with Gasteiger partial charge < -0.3 is 35.0 Å². The van der Waals surface area contributed by atoms with Crippen LogP contribution in [-0.4, -0.2) is 88.5 Å². The minimum atomic E-state index is -0.561. The molecule has 4 rings (SSSR count). The number of carbonyl (C=O) groups excluding carboxylic acids is 3. The van der Waals surface area contributed by atoms with Gasteiger partial charge >= 0.3 is 6.03 Å². The number of aliphatic hydroxyl groups excluding tert-OH is 1. The number of aliphatic hydroxyl groups is 1. The van der Waals surface area contributed by atoms with Crippen LogP contribution in [-0.2, 0) is 7.05 Å². The van der Waals surface area contributed by atoms with Crippen molar-refractivity contribution < 1.29 is 29.0 Å². The molecule has 224 valence electrons. The zero-order chi connectivity index (χ0) is 30.6. The van der Waals surface area contributed by atoms with Crippen LogP contribution in [0, 0.1) is 12.8 Å². The lowest BCUT2D eigenvalue weighted by Crippen LogP contribution is -2.50. The van der Waals surface area contributed by atoms with Gasteiger partial charge in [-0.25, -0.2) is 4.79 Å². The number of aryl methyl sites for hydroxylation is 2. The second kappa shape index (κ2) is 12.9. The Balaban J connectivity index is 1.64. The van der Waals surface area contributed by atoms with E-state index in [-0.39, 0.29) is 42.3 Å². The van der Waals surface area contributed by atoms with Crippen molar-refractivity contribution in [2.45, 2.75) is 32.9 Å². The summed E-state index contributed by atoms with van der Waals surface area (Å²) in [5.74, 6) is -0.101. The second-order valence-corrected chi connectivity index (χ2v) is 10.6. The Labute approximate surface area is 245 Å². The summed E-state index contributed by atoms with van der Waals surface area (Å²) in [5.41, 5.74) is 2.20. The van der Waals surface area contributed by atoms with Crippen LogP contribution in [0.25, 0.3) is 0 Å². The zero-order valence-corrected chi connectivity index (χ0v) is 24.7. The smallest absolute Gasteiger partial charge is 0.321 e. The topological polar surface area (TPSA) is 138 Å². The molecular formula is C30H38N6O6. The number of likely N-dealkylation sites (N-methyl/N-ethyl adjacent to an activating group) is 1. The lowest BCUT2D eigenvalue weighted by Gasteiger charge is -2.38. The number of ether oxygens (including phenoxy) is 2. The Kier molecular flexibility index (Phi) is 9.36. The molecule has 3 N–H and O–H groups in total. The number of nitrogens with one attached hydrogen (secondary N) is 2. The van der Waals surface area contributed by atoms with Crippen molar-refractivity contribution in [1.82, 2.24) is 19.6 Å². The molecule has 2 aromatic carbocycles. The number of urea groups is 1. The van der Waals surface area contributed by atoms with Gasteiger partial charge in [0, 0.05) is 32.2 Å². The highest BCUT2D eigenvalue weighted by Gasteiger charge is 2.35. The lowest BCUT2D eigenvalue weighted by atomic mass is 9.99. The van der Waals surface area contributed by atoms with E-state index in [1.54, 1.807) is 88.5 Å². The molecule has 1 aliphatic rings. The molecule has 0 saturated carbocycles. The third-order valence-electron chi connectivity index (χ3n) is 7.32. The van der Waals surface area contributed by atoms with Crippen LogP contribution in [0.15, 0.2) is 48.5 Å². The minimum Gasteiger partial charge on any atom is -0.497 e. The number of nitrogens with zero attached hydrogens (tertiary/aromatic N) is 4. The molecular weight excluding hydrogens is 540 g/mol. The molecule has 0 radical (unpaired) electrons. The normalized spacial score (nSPS) is 17.3. The Morgan fingerprint density at radius 2 is 1.93 bits per heavy atom. The number of hydrogen-bond donors (Lipinski definition) is 3. The van der Waals surface area contributed by atoms with Gasteiger partial charge in [-0.05, 0) is 56.3 Å². The number of benzene rings is 2. The van der Waals surface area contributed by atoms with E-state index >= 15 is 0 Å². The summed E-state index contributed by atoms with van der Waals surface area (Å²) < 4.78 is 13.2. The van der Waals surface area contributed by atoms with E-state index < -0.39 is 18.1 Å². The number of anilines is 2. The summed E-state index contributed by atoms with van der Waals surface area (Å²) in [6, 6.07) is 12.8. The summed E-state index contributed by atoms with van der Waals surface area (Å²) in [7, 11) is 4.91. The van der Waals surface area contributed by atoms with Crippen molar-refractivity contribution >= 4 is 29.2 Å². The van der Waals surface area contributed by atoms with Crippen molar-refractivity contribution in [1.29, 1.82) is 0 Å². The Morgan fingerprint density at radius 1 is 1.21 bits per heavy atom. The molecule has 0 bridgehead atoms. The summed E-state index contributed by atoms with van der Waals surface area (Å²) in [5, 5.41) is 19.9. The van der Waals surface area contributed by atoms with Gasteiger partial charge in [0.2, 0.25) is 0 Å². The number of amides is 4. The fourth-order valence-corrected chi connectivity index (χ4v) is 4.82. The summed E-state index contributed by atoms with van der Waals surface area (Å²) in [6.45, 7) is 5.74. The predicted molar refractivity (Wildman–Crippen MR) is 158 cm³/mol. The Bertz CT molecular complexity index is 1440. The average molecular weight is 579 g/mol. The number of rotatable bonds is 8. The van der Waals surface area contributed by atoms with E-state index in [0.29, 0.717) is 35.1 Å². The average Bonchev–Trinajstić information content (AvgIpc) is 3.32. The monoisotopic (exact) mass is 578 g/mol. The van der Waals surface area contributed by atoms with Crippen molar-refractivity contribution in [2.24, 2.45) is 13.0 Å². The molecule has 42 heavy (non-hydrogen) atoms. The maximum atomic E-state index is 13.7. The fraction of sp³-hybridized carbons (Fsp3) is 0.400. The van der Waals surface area contributed by atoms with E-state index in [0.717, 1.165) is 0 Å². The number of aromatic nitrogens is 2. The van der Waals surface area contributed by atoms with Crippen molar-refractivity contribution in [3.63, 3.8) is 0 Å². The van der Waals surface area contributed by atoms with Crippen molar-refractivity contribution in [2.75, 3.05) is 44.5 Å². The molecule has 2 heterocycles. The van der Waals surface area contributed by atoms with Gasteiger partial charge in [0.1, 0.15) is 17.5 Å². The third kappa shape index (κ3) is 6.65. The summed E-state index contributed by atoms with van der Waals surface area (Å²) >= 11 is 0. The quantitative estimate of drug-likeness (QED) is 0.373. The maximum Gasteiger partial charge on any atom is 0.321 e. The van der Waals surface area contributed by atoms with Crippen LogP contribution in [0.1, 0.15) is 40.4 Å². The molecule has 3 aromatic rings. The van der Waals surface area contributed by atoms with Crippen LogP contribution in [0.5, 0.6) is 11.5 Å². The molecule has 0 unspecified atom stereocenters. The number of methoxy groups -OCH3 is 1. The SMILES string of the molecule is COc1ccc(NC(=O)N(C)C[C@H]2Oc3c(NC(=O)c4cc(C)nn4C)cccc3C(=O)N([C@@H](C)CO)C[C@H]2C)cc1. The molecule has 12 heteroatoms. The molecule has 0 fully saturated rings. The zero-order valence-electron chi connectivity index (χ0n) is 24.7. The van der Waals surface area contributed by atoms with Crippen LogP contribution in [0.2, 0.25) is 0 Å². The van der Waals surface area contributed by atoms with Gasteiger partial charge in [0.15, 0.2) is 5.75 Å². The van der Waals surface area contributed by atoms with E-state index in [1.165, 1.54) is 9.58 Å². The van der Waals surface area contributed by atoms with Crippen molar-refractivity contribution in [3.8, 4) is 11.5 Å². The fourth-order valence-electron chi connectivity index (χ4n) is 4.82. The molecule has 0 spiro atoms. The Hall–Kier alpha value is -4.58. The number of para-hydroxylation sites is 1. The van der Waals surface area contributed by atoms with E-state index in [2.05, 4.69) is 15.7 Å². The lowest BCUT2D eigenvalue weighted by molar-refractivity contribution is 0.0372. The van der Waals surface area contributed by atoms with Crippen molar-refractivity contribution in [3.05, 3.63) is 65.5 Å². The van der Waals surface area contributed by atoms with Crippen LogP contribution < -0.4 is 20.1 Å². The first kappa shape index (κ1) is 30.4. The van der Waals surface area contributed by atoms with Crippen LogP contribution in [0.3, 0.4) is 0 Å². The highest BCUT2D eigenvalue weighted by Crippen LogP contribution is 2.35. The van der Waals surface area contributed by atoms with Gasteiger partial charge in [-0.3, -0.25) is 14.3 Å². The van der Waals surface area contributed by atoms with E-state index in [4.69, 9.17) is 9.47 Å². The van der Waals surface area contributed by atoms with Gasteiger partial charge in [-0.1, -0.05) is 13.0 Å². The summed E-state index contributed by atoms with van der Waals surface area (Å²) in [6.07, 6.45) is -0.561. The minimum absolute atomic E-state index is 0.182. The first-order valence-corrected chi connectivity index (χ1v) is 13.7. The predicted octanol–water partition coefficient (Wildman–Crippen LogP) is 3.37. The van der Waals surface area contributed by atoms with Gasteiger partial charge in [-0.2, -0.15) is 5.10 Å². The van der Waals surface area contributed by atoms with Gasteiger partial charge in [0.25, 0.3) is 11.8 Å². The van der Waals surface area contributed by atoms with Crippen LogP contribution >= 0.6 is 0 Å².